The Hall–Kier alpha value is -0.0800. The molecule has 0 unspecified atom stereocenters. The van der Waals surface area contributed by atoms with Gasteiger partial charge in [0.15, 0.2) is 0 Å². The summed E-state index contributed by atoms with van der Waals surface area (Å²) in [7, 11) is 0. The van der Waals surface area contributed by atoms with Crippen molar-refractivity contribution in [1.29, 1.82) is 0 Å². The van der Waals surface area contributed by atoms with E-state index in [1.807, 2.05) is 0 Å². The molecule has 1 heterocycles. The Morgan fingerprint density at radius 2 is 2.11 bits per heavy atom. The Morgan fingerprint density at radius 1 is 1.44 bits per heavy atom. The van der Waals surface area contributed by atoms with E-state index >= 15 is 0 Å². The SMILES string of the molecule is CCNC1(CC)COC1. The van der Waals surface area contributed by atoms with Gasteiger partial charge in [-0.25, -0.2) is 0 Å². The van der Waals surface area contributed by atoms with Crippen molar-refractivity contribution < 1.29 is 4.74 Å². The Balaban J connectivity index is 2.28. The summed E-state index contributed by atoms with van der Waals surface area (Å²) in [6.45, 7) is 7.19. The maximum Gasteiger partial charge on any atom is 0.0671 e. The Bertz CT molecular complexity index is 83.4. The predicted molar refractivity (Wildman–Crippen MR) is 37.5 cm³/mol. The van der Waals surface area contributed by atoms with Gasteiger partial charge in [0, 0.05) is 0 Å². The van der Waals surface area contributed by atoms with Crippen LogP contribution in [0.4, 0.5) is 0 Å². The molecule has 0 aromatic heterocycles. The van der Waals surface area contributed by atoms with Crippen LogP contribution in [0.15, 0.2) is 0 Å². The topological polar surface area (TPSA) is 21.3 Å². The number of likely N-dealkylation sites (N-methyl/N-ethyl adjacent to an activating group) is 1. The van der Waals surface area contributed by atoms with Gasteiger partial charge in [-0.1, -0.05) is 13.8 Å². The van der Waals surface area contributed by atoms with Gasteiger partial charge in [-0.15, -0.1) is 0 Å². The lowest BCUT2D eigenvalue weighted by atomic mass is 9.94. The zero-order valence-corrected chi connectivity index (χ0v) is 6.24. The number of rotatable bonds is 3. The summed E-state index contributed by atoms with van der Waals surface area (Å²) in [6.07, 6.45) is 1.18. The first-order chi connectivity index (χ1) is 4.33. The fraction of sp³-hybridized carbons (Fsp3) is 1.00. The van der Waals surface area contributed by atoms with Gasteiger partial charge < -0.3 is 10.1 Å². The third-order valence-electron chi connectivity index (χ3n) is 1.99. The minimum atomic E-state index is 0.342. The van der Waals surface area contributed by atoms with Gasteiger partial charge in [-0.3, -0.25) is 0 Å². The lowest BCUT2D eigenvalue weighted by Gasteiger charge is -2.41. The second-order valence-electron chi connectivity index (χ2n) is 2.66. The summed E-state index contributed by atoms with van der Waals surface area (Å²) in [5.74, 6) is 0. The van der Waals surface area contributed by atoms with E-state index in [9.17, 15) is 0 Å². The van der Waals surface area contributed by atoms with E-state index in [0.29, 0.717) is 5.54 Å². The zero-order valence-electron chi connectivity index (χ0n) is 6.24. The summed E-state index contributed by atoms with van der Waals surface area (Å²) in [5.41, 5.74) is 0.342. The number of ether oxygens (including phenoxy) is 1. The van der Waals surface area contributed by atoms with Crippen LogP contribution in [0.25, 0.3) is 0 Å². The van der Waals surface area contributed by atoms with Gasteiger partial charge in [0.25, 0.3) is 0 Å². The fourth-order valence-electron chi connectivity index (χ4n) is 1.15. The molecule has 0 bridgehead atoms. The van der Waals surface area contributed by atoms with Gasteiger partial charge in [0.1, 0.15) is 0 Å². The number of nitrogens with one attached hydrogen (secondary N) is 1. The molecule has 1 rings (SSSR count). The highest BCUT2D eigenvalue weighted by Gasteiger charge is 2.35. The number of hydrogen-bond acceptors (Lipinski definition) is 2. The summed E-state index contributed by atoms with van der Waals surface area (Å²) in [4.78, 5) is 0. The molecule has 0 atom stereocenters. The first-order valence-electron chi connectivity index (χ1n) is 3.66. The molecule has 1 N–H and O–H groups in total. The van der Waals surface area contributed by atoms with Crippen LogP contribution in [0.1, 0.15) is 20.3 Å². The van der Waals surface area contributed by atoms with Crippen LogP contribution in [-0.2, 0) is 4.74 Å². The summed E-state index contributed by atoms with van der Waals surface area (Å²) < 4.78 is 5.12. The van der Waals surface area contributed by atoms with Crippen LogP contribution < -0.4 is 5.32 Å². The first kappa shape index (κ1) is 7.03. The summed E-state index contributed by atoms with van der Waals surface area (Å²) >= 11 is 0. The van der Waals surface area contributed by atoms with Crippen molar-refractivity contribution in [2.45, 2.75) is 25.8 Å². The van der Waals surface area contributed by atoms with E-state index in [0.717, 1.165) is 19.8 Å². The quantitative estimate of drug-likeness (QED) is 0.608. The molecule has 0 amide bonds. The van der Waals surface area contributed by atoms with Crippen molar-refractivity contribution >= 4 is 0 Å². The van der Waals surface area contributed by atoms with Crippen molar-refractivity contribution in [2.75, 3.05) is 19.8 Å². The second kappa shape index (κ2) is 2.67. The highest BCUT2D eigenvalue weighted by Crippen LogP contribution is 2.19. The molecule has 0 aliphatic carbocycles. The minimum absolute atomic E-state index is 0.342. The molecule has 54 valence electrons. The van der Waals surface area contributed by atoms with Crippen LogP contribution in [0.3, 0.4) is 0 Å². The smallest absolute Gasteiger partial charge is 0.0671 e. The molecule has 0 saturated carbocycles. The van der Waals surface area contributed by atoms with E-state index in [1.54, 1.807) is 0 Å². The summed E-state index contributed by atoms with van der Waals surface area (Å²) in [5, 5.41) is 3.42. The Kier molecular flexibility index (Phi) is 2.09. The fourth-order valence-corrected chi connectivity index (χ4v) is 1.15. The Morgan fingerprint density at radius 3 is 2.22 bits per heavy atom. The second-order valence-corrected chi connectivity index (χ2v) is 2.66. The molecule has 1 aliphatic rings. The average Bonchev–Trinajstić information content (AvgIpc) is 1.79. The van der Waals surface area contributed by atoms with E-state index < -0.39 is 0 Å². The van der Waals surface area contributed by atoms with Crippen molar-refractivity contribution in [3.8, 4) is 0 Å². The van der Waals surface area contributed by atoms with Crippen molar-refractivity contribution in [1.82, 2.24) is 5.32 Å². The third kappa shape index (κ3) is 1.25. The van der Waals surface area contributed by atoms with Crippen molar-refractivity contribution in [3.63, 3.8) is 0 Å². The van der Waals surface area contributed by atoms with Gasteiger partial charge in [0.2, 0.25) is 0 Å². The van der Waals surface area contributed by atoms with Crippen LogP contribution in [0.5, 0.6) is 0 Å². The van der Waals surface area contributed by atoms with Crippen molar-refractivity contribution in [3.05, 3.63) is 0 Å². The van der Waals surface area contributed by atoms with Gasteiger partial charge in [0.05, 0.1) is 18.8 Å². The van der Waals surface area contributed by atoms with Crippen molar-refractivity contribution in [2.24, 2.45) is 0 Å². The molecule has 1 aliphatic heterocycles. The van der Waals surface area contributed by atoms with Gasteiger partial charge in [-0.2, -0.15) is 0 Å². The van der Waals surface area contributed by atoms with E-state index in [4.69, 9.17) is 4.74 Å². The molecule has 0 radical (unpaired) electrons. The predicted octanol–water partition coefficient (Wildman–Crippen LogP) is 0.775. The lowest BCUT2D eigenvalue weighted by Crippen LogP contribution is -2.59. The van der Waals surface area contributed by atoms with Crippen LogP contribution in [-0.4, -0.2) is 25.3 Å². The van der Waals surface area contributed by atoms with Gasteiger partial charge in [-0.05, 0) is 13.0 Å². The van der Waals surface area contributed by atoms with Gasteiger partial charge >= 0.3 is 0 Å². The highest BCUT2D eigenvalue weighted by molar-refractivity contribution is 4.92. The number of hydrogen-bond donors (Lipinski definition) is 1. The molecule has 2 heteroatoms. The maximum absolute atomic E-state index is 5.12. The molecule has 1 saturated heterocycles. The summed E-state index contributed by atoms with van der Waals surface area (Å²) in [6, 6.07) is 0. The highest BCUT2D eigenvalue weighted by atomic mass is 16.5. The van der Waals surface area contributed by atoms with E-state index in [2.05, 4.69) is 19.2 Å². The normalized spacial score (nSPS) is 23.3. The molecule has 9 heavy (non-hydrogen) atoms. The minimum Gasteiger partial charge on any atom is -0.377 e. The molecule has 0 aromatic rings. The Labute approximate surface area is 56.6 Å². The maximum atomic E-state index is 5.12. The molecule has 0 spiro atoms. The van der Waals surface area contributed by atoms with E-state index in [-0.39, 0.29) is 0 Å². The monoisotopic (exact) mass is 129 g/mol. The molecule has 1 fully saturated rings. The molecule has 0 aromatic carbocycles. The molecule has 2 nitrogen and oxygen atoms in total. The van der Waals surface area contributed by atoms with Crippen LogP contribution >= 0.6 is 0 Å². The lowest BCUT2D eigenvalue weighted by molar-refractivity contribution is -0.0751. The largest absolute Gasteiger partial charge is 0.377 e. The zero-order chi connectivity index (χ0) is 6.74. The average molecular weight is 129 g/mol. The molecular formula is C7H15NO. The van der Waals surface area contributed by atoms with Crippen LogP contribution in [0, 0.1) is 0 Å². The molecular weight excluding hydrogens is 114 g/mol. The third-order valence-corrected chi connectivity index (χ3v) is 1.99. The van der Waals surface area contributed by atoms with E-state index in [1.165, 1.54) is 6.42 Å². The first-order valence-corrected chi connectivity index (χ1v) is 3.66. The standard InChI is InChI=1S/C7H15NO/c1-3-7(8-4-2)5-9-6-7/h8H,3-6H2,1-2H3. The van der Waals surface area contributed by atoms with Crippen LogP contribution in [0.2, 0.25) is 0 Å².